The van der Waals surface area contributed by atoms with Crippen LogP contribution < -0.4 is 10.5 Å². The molecule has 0 aliphatic heterocycles. The largest absolute Gasteiger partial charge is 0.356 e. The Morgan fingerprint density at radius 1 is 1.38 bits per heavy atom. The Balaban J connectivity index is 1.89. The molecule has 118 valence electrons. The summed E-state index contributed by atoms with van der Waals surface area (Å²) >= 11 is 0. The van der Waals surface area contributed by atoms with Crippen LogP contribution in [0.15, 0.2) is 17.2 Å². The first-order valence-corrected chi connectivity index (χ1v) is 8.97. The van der Waals surface area contributed by atoms with Crippen molar-refractivity contribution in [3.63, 3.8) is 0 Å². The first-order chi connectivity index (χ1) is 9.90. The van der Waals surface area contributed by atoms with E-state index in [1.54, 1.807) is 0 Å². The Morgan fingerprint density at radius 3 is 2.57 bits per heavy atom. The van der Waals surface area contributed by atoms with Gasteiger partial charge in [-0.3, -0.25) is 4.79 Å². The molecular formula is C14H23N3O3S. The van der Waals surface area contributed by atoms with E-state index in [-0.39, 0.29) is 22.5 Å². The van der Waals surface area contributed by atoms with Crippen molar-refractivity contribution >= 4 is 15.9 Å². The number of hydrogen-bond acceptors (Lipinski definition) is 3. The Labute approximate surface area is 125 Å². The van der Waals surface area contributed by atoms with Gasteiger partial charge in [0, 0.05) is 12.2 Å². The van der Waals surface area contributed by atoms with Crippen molar-refractivity contribution in [1.82, 2.24) is 10.3 Å². The zero-order valence-corrected chi connectivity index (χ0v) is 13.1. The minimum absolute atomic E-state index is 0.0701. The maximum absolute atomic E-state index is 12.1. The monoisotopic (exact) mass is 313 g/mol. The third kappa shape index (κ3) is 4.31. The van der Waals surface area contributed by atoms with Gasteiger partial charge in [-0.15, -0.1) is 0 Å². The summed E-state index contributed by atoms with van der Waals surface area (Å²) in [6.07, 6.45) is 7.97. The van der Waals surface area contributed by atoms with Gasteiger partial charge in [0.25, 0.3) is 5.91 Å². The highest BCUT2D eigenvalue weighted by atomic mass is 32.2. The predicted octanol–water partition coefficient (Wildman–Crippen LogP) is 1.75. The third-order valence-corrected chi connectivity index (χ3v) is 5.00. The van der Waals surface area contributed by atoms with E-state index in [2.05, 4.69) is 17.2 Å². The van der Waals surface area contributed by atoms with Crippen LogP contribution in [0.2, 0.25) is 0 Å². The topological polar surface area (TPSA) is 105 Å². The van der Waals surface area contributed by atoms with Crippen LogP contribution in [0.4, 0.5) is 0 Å². The third-order valence-electron chi connectivity index (χ3n) is 4.11. The average Bonchev–Trinajstić information content (AvgIpc) is 2.91. The molecule has 0 aromatic carbocycles. The summed E-state index contributed by atoms with van der Waals surface area (Å²) in [6, 6.07) is 1.44. The predicted molar refractivity (Wildman–Crippen MR) is 80.3 cm³/mol. The number of amides is 1. The fourth-order valence-corrected chi connectivity index (χ4v) is 3.44. The summed E-state index contributed by atoms with van der Waals surface area (Å²) in [6.45, 7) is 2.20. The second-order valence-corrected chi connectivity index (χ2v) is 7.34. The molecular weight excluding hydrogens is 290 g/mol. The van der Waals surface area contributed by atoms with Gasteiger partial charge in [0.15, 0.2) is 0 Å². The Kier molecular flexibility index (Phi) is 5.05. The number of aromatic nitrogens is 1. The highest BCUT2D eigenvalue weighted by molar-refractivity contribution is 7.89. The lowest BCUT2D eigenvalue weighted by Crippen LogP contribution is -2.37. The summed E-state index contributed by atoms with van der Waals surface area (Å²) in [5.74, 6) is 0.506. The lowest BCUT2D eigenvalue weighted by Gasteiger charge is -2.28. The lowest BCUT2D eigenvalue weighted by atomic mass is 9.83. The molecule has 4 N–H and O–H groups in total. The zero-order chi connectivity index (χ0) is 15.5. The zero-order valence-electron chi connectivity index (χ0n) is 12.3. The van der Waals surface area contributed by atoms with Gasteiger partial charge < -0.3 is 10.3 Å². The molecule has 1 aromatic heterocycles. The van der Waals surface area contributed by atoms with E-state index in [9.17, 15) is 13.2 Å². The van der Waals surface area contributed by atoms with E-state index in [0.29, 0.717) is 0 Å². The van der Waals surface area contributed by atoms with Crippen molar-refractivity contribution in [3.05, 3.63) is 18.0 Å². The van der Waals surface area contributed by atoms with E-state index in [1.165, 1.54) is 25.1 Å². The Hall–Kier alpha value is -1.34. The van der Waals surface area contributed by atoms with E-state index < -0.39 is 10.0 Å². The number of rotatable bonds is 5. The van der Waals surface area contributed by atoms with Crippen LogP contribution in [0.1, 0.15) is 55.9 Å². The first-order valence-electron chi connectivity index (χ1n) is 7.42. The van der Waals surface area contributed by atoms with Crippen LogP contribution in [0.3, 0.4) is 0 Å². The quantitative estimate of drug-likeness (QED) is 0.771. The summed E-state index contributed by atoms with van der Waals surface area (Å²) in [5, 5.41) is 7.98. The van der Waals surface area contributed by atoms with Crippen molar-refractivity contribution in [3.8, 4) is 0 Å². The van der Waals surface area contributed by atoms with E-state index in [0.717, 1.165) is 31.6 Å². The highest BCUT2D eigenvalue weighted by Crippen LogP contribution is 2.27. The number of sulfonamides is 1. The molecule has 1 saturated carbocycles. The highest BCUT2D eigenvalue weighted by Gasteiger charge is 2.23. The lowest BCUT2D eigenvalue weighted by molar-refractivity contribution is 0.0916. The number of hydrogen-bond donors (Lipinski definition) is 3. The van der Waals surface area contributed by atoms with Crippen LogP contribution in [-0.2, 0) is 10.0 Å². The van der Waals surface area contributed by atoms with Gasteiger partial charge in [0.2, 0.25) is 10.0 Å². The van der Waals surface area contributed by atoms with Gasteiger partial charge in [0.1, 0.15) is 5.69 Å². The van der Waals surface area contributed by atoms with Crippen LogP contribution in [-0.4, -0.2) is 25.4 Å². The first kappa shape index (κ1) is 16.0. The minimum atomic E-state index is -3.77. The van der Waals surface area contributed by atoms with Crippen molar-refractivity contribution in [1.29, 1.82) is 0 Å². The summed E-state index contributed by atoms with van der Waals surface area (Å²) in [7, 11) is -3.77. The Bertz CT molecular complexity index is 586. The molecule has 0 radical (unpaired) electrons. The van der Waals surface area contributed by atoms with Crippen molar-refractivity contribution < 1.29 is 13.2 Å². The van der Waals surface area contributed by atoms with Crippen molar-refractivity contribution in [2.24, 2.45) is 11.1 Å². The van der Waals surface area contributed by atoms with Gasteiger partial charge >= 0.3 is 0 Å². The molecule has 0 atom stereocenters. The molecule has 0 unspecified atom stereocenters. The molecule has 1 fully saturated rings. The van der Waals surface area contributed by atoms with Gasteiger partial charge in [-0.1, -0.05) is 19.8 Å². The second-order valence-electron chi connectivity index (χ2n) is 5.77. The average molecular weight is 313 g/mol. The van der Waals surface area contributed by atoms with Gasteiger partial charge in [0.05, 0.1) is 4.90 Å². The molecule has 7 heteroatoms. The van der Waals surface area contributed by atoms with Crippen LogP contribution >= 0.6 is 0 Å². The maximum Gasteiger partial charge on any atom is 0.267 e. The molecule has 6 nitrogen and oxygen atoms in total. The minimum Gasteiger partial charge on any atom is -0.356 e. The fourth-order valence-electron chi connectivity index (χ4n) is 2.94. The number of carbonyl (C=O) groups excluding carboxylic acids is 1. The summed E-state index contributed by atoms with van der Waals surface area (Å²) in [4.78, 5) is 14.7. The maximum atomic E-state index is 12.1. The summed E-state index contributed by atoms with van der Waals surface area (Å²) in [5.41, 5.74) is 0.231. The smallest absolute Gasteiger partial charge is 0.267 e. The standard InChI is InChI=1S/C14H23N3O3S/c1-2-3-10-4-6-11(7-5-10)17-14(18)13-8-12(9-16-13)21(15,19)20/h8-11,16H,2-7H2,1H3,(H,17,18)(H2,15,19,20). The normalized spacial score (nSPS) is 23.0. The van der Waals surface area contributed by atoms with Gasteiger partial charge in [-0.25, -0.2) is 13.6 Å². The molecule has 0 bridgehead atoms. The van der Waals surface area contributed by atoms with E-state index in [4.69, 9.17) is 5.14 Å². The van der Waals surface area contributed by atoms with Crippen molar-refractivity contribution in [2.75, 3.05) is 0 Å². The molecule has 2 rings (SSSR count). The van der Waals surface area contributed by atoms with Crippen LogP contribution in [0, 0.1) is 5.92 Å². The SMILES string of the molecule is CCCC1CCC(NC(=O)c2cc(S(N)(=O)=O)c[nH]2)CC1. The van der Waals surface area contributed by atoms with E-state index >= 15 is 0 Å². The molecule has 1 amide bonds. The summed E-state index contributed by atoms with van der Waals surface area (Å²) < 4.78 is 22.4. The number of H-pyrrole nitrogens is 1. The Morgan fingerprint density at radius 2 is 2.05 bits per heavy atom. The molecule has 1 aromatic rings. The number of carbonyl (C=O) groups is 1. The second kappa shape index (κ2) is 6.62. The molecule has 1 heterocycles. The fraction of sp³-hybridized carbons (Fsp3) is 0.643. The number of aromatic amines is 1. The molecule has 1 aliphatic carbocycles. The van der Waals surface area contributed by atoms with Gasteiger partial charge in [-0.05, 0) is 37.7 Å². The number of nitrogens with one attached hydrogen (secondary N) is 2. The van der Waals surface area contributed by atoms with Crippen LogP contribution in [0.25, 0.3) is 0 Å². The molecule has 1 aliphatic rings. The van der Waals surface area contributed by atoms with Crippen LogP contribution in [0.5, 0.6) is 0 Å². The number of nitrogens with two attached hydrogens (primary N) is 1. The molecule has 21 heavy (non-hydrogen) atoms. The number of primary sulfonamides is 1. The molecule has 0 spiro atoms. The van der Waals surface area contributed by atoms with Crippen molar-refractivity contribution in [2.45, 2.75) is 56.4 Å². The van der Waals surface area contributed by atoms with Gasteiger partial charge in [-0.2, -0.15) is 0 Å². The van der Waals surface area contributed by atoms with E-state index in [1.807, 2.05) is 0 Å². The molecule has 0 saturated heterocycles.